The largest absolute Gasteiger partial charge is 0.333 e. The number of hydrogen-bond donors (Lipinski definition) is 2. The molecule has 1 aromatic rings. The van der Waals surface area contributed by atoms with E-state index in [1.165, 1.54) is 6.20 Å². The molecule has 0 bridgehead atoms. The van der Waals surface area contributed by atoms with Gasteiger partial charge in [0.15, 0.2) is 0 Å². The van der Waals surface area contributed by atoms with Crippen LogP contribution in [0.3, 0.4) is 0 Å². The van der Waals surface area contributed by atoms with E-state index in [0.717, 1.165) is 19.0 Å². The Hall–Kier alpha value is -1.69. The van der Waals surface area contributed by atoms with Crippen molar-refractivity contribution in [1.82, 2.24) is 14.9 Å². The van der Waals surface area contributed by atoms with E-state index in [4.69, 9.17) is 5.73 Å². The van der Waals surface area contributed by atoms with Gasteiger partial charge in [-0.2, -0.15) is 0 Å². The minimum atomic E-state index is -0.311. The summed E-state index contributed by atoms with van der Waals surface area (Å²) in [4.78, 5) is 31.3. The molecule has 18 heavy (non-hydrogen) atoms. The van der Waals surface area contributed by atoms with Crippen molar-refractivity contribution in [3.05, 3.63) is 28.4 Å². The van der Waals surface area contributed by atoms with Gasteiger partial charge in [-0.1, -0.05) is 6.92 Å². The molecule has 2 unspecified atom stereocenters. The number of piperidine rings is 1. The molecule has 1 saturated heterocycles. The van der Waals surface area contributed by atoms with E-state index in [0.29, 0.717) is 19.0 Å². The van der Waals surface area contributed by atoms with Gasteiger partial charge in [0.1, 0.15) is 5.69 Å². The van der Waals surface area contributed by atoms with Gasteiger partial charge in [0.25, 0.3) is 11.5 Å². The van der Waals surface area contributed by atoms with Crippen LogP contribution >= 0.6 is 0 Å². The van der Waals surface area contributed by atoms with Crippen LogP contribution < -0.4 is 11.3 Å². The van der Waals surface area contributed by atoms with Crippen LogP contribution in [0.15, 0.2) is 17.2 Å². The fourth-order valence-electron chi connectivity index (χ4n) is 2.35. The Balaban J connectivity index is 2.17. The zero-order chi connectivity index (χ0) is 13.1. The van der Waals surface area contributed by atoms with Crippen LogP contribution in [0.5, 0.6) is 0 Å². The first kappa shape index (κ1) is 12.8. The number of carbonyl (C=O) groups excluding carboxylic acids is 1. The maximum atomic E-state index is 12.3. The number of H-pyrrole nitrogens is 1. The van der Waals surface area contributed by atoms with E-state index in [9.17, 15) is 9.59 Å². The molecule has 0 spiro atoms. The minimum absolute atomic E-state index is 0.0648. The average molecular weight is 250 g/mol. The number of hydrogen-bond acceptors (Lipinski definition) is 4. The minimum Gasteiger partial charge on any atom is -0.333 e. The highest BCUT2D eigenvalue weighted by Crippen LogP contribution is 2.22. The molecule has 1 aliphatic heterocycles. The Labute approximate surface area is 105 Å². The molecule has 2 rings (SSSR count). The van der Waals surface area contributed by atoms with Gasteiger partial charge >= 0.3 is 0 Å². The number of nitrogens with zero attached hydrogens (tertiary/aromatic N) is 2. The lowest BCUT2D eigenvalue weighted by Gasteiger charge is -2.37. The molecule has 2 atom stereocenters. The summed E-state index contributed by atoms with van der Waals surface area (Å²) in [5, 5.41) is 0. The van der Waals surface area contributed by atoms with Crippen LogP contribution in [0.2, 0.25) is 0 Å². The lowest BCUT2D eigenvalue weighted by molar-refractivity contribution is 0.0567. The predicted octanol–water partition coefficient (Wildman–Crippen LogP) is -0.0307. The van der Waals surface area contributed by atoms with Gasteiger partial charge < -0.3 is 15.6 Å². The number of rotatable bonds is 2. The van der Waals surface area contributed by atoms with E-state index in [1.54, 1.807) is 4.90 Å². The summed E-state index contributed by atoms with van der Waals surface area (Å²) in [6.07, 6.45) is 4.38. The Bertz CT molecular complexity index is 465. The number of carbonyl (C=O) groups is 1. The Morgan fingerprint density at radius 3 is 3.06 bits per heavy atom. The number of aromatic amines is 1. The highest BCUT2D eigenvalue weighted by Gasteiger charge is 2.30. The summed E-state index contributed by atoms with van der Waals surface area (Å²) in [6, 6.07) is 0.0648. The number of likely N-dealkylation sites (tertiary alicyclic amines) is 1. The summed E-state index contributed by atoms with van der Waals surface area (Å²) >= 11 is 0. The highest BCUT2D eigenvalue weighted by atomic mass is 16.2. The number of nitrogens with one attached hydrogen (secondary N) is 1. The number of aromatic nitrogens is 2. The first-order chi connectivity index (χ1) is 8.61. The maximum absolute atomic E-state index is 12.3. The van der Waals surface area contributed by atoms with Gasteiger partial charge in [-0.3, -0.25) is 9.59 Å². The van der Waals surface area contributed by atoms with Crippen molar-refractivity contribution in [3.63, 3.8) is 0 Å². The highest BCUT2D eigenvalue weighted by molar-refractivity contribution is 5.92. The third-order valence-electron chi connectivity index (χ3n) is 3.40. The molecule has 0 saturated carbocycles. The summed E-state index contributed by atoms with van der Waals surface area (Å²) in [5.74, 6) is 0.430. The van der Waals surface area contributed by atoms with Crippen molar-refractivity contribution >= 4 is 5.91 Å². The van der Waals surface area contributed by atoms with Crippen LogP contribution in [0.4, 0.5) is 0 Å². The molecule has 1 aromatic heterocycles. The summed E-state index contributed by atoms with van der Waals surface area (Å²) in [7, 11) is 0. The fraction of sp³-hybridized carbons (Fsp3) is 0.583. The number of nitrogens with two attached hydrogens (primary N) is 1. The molecule has 3 N–H and O–H groups in total. The second-order valence-electron chi connectivity index (χ2n) is 4.81. The Morgan fingerprint density at radius 2 is 2.44 bits per heavy atom. The molecule has 0 aliphatic carbocycles. The first-order valence-electron chi connectivity index (χ1n) is 6.17. The molecule has 0 radical (unpaired) electrons. The summed E-state index contributed by atoms with van der Waals surface area (Å²) < 4.78 is 0. The smallest absolute Gasteiger partial charge is 0.274 e. The molecular weight excluding hydrogens is 232 g/mol. The maximum Gasteiger partial charge on any atom is 0.274 e. The van der Waals surface area contributed by atoms with Crippen molar-refractivity contribution in [2.45, 2.75) is 25.8 Å². The Morgan fingerprint density at radius 1 is 1.67 bits per heavy atom. The lowest BCUT2D eigenvalue weighted by Crippen LogP contribution is -2.49. The molecule has 6 heteroatoms. The Kier molecular flexibility index (Phi) is 3.76. The van der Waals surface area contributed by atoms with Crippen LogP contribution in [-0.4, -0.2) is 39.9 Å². The summed E-state index contributed by atoms with van der Waals surface area (Å²) in [6.45, 7) is 3.32. The molecule has 0 aromatic carbocycles. The first-order valence-corrected chi connectivity index (χ1v) is 6.17. The van der Waals surface area contributed by atoms with E-state index >= 15 is 0 Å². The molecule has 1 amide bonds. The third-order valence-corrected chi connectivity index (χ3v) is 3.40. The second-order valence-corrected chi connectivity index (χ2v) is 4.81. The van der Waals surface area contributed by atoms with Crippen molar-refractivity contribution < 1.29 is 4.79 Å². The van der Waals surface area contributed by atoms with E-state index in [2.05, 4.69) is 16.9 Å². The summed E-state index contributed by atoms with van der Waals surface area (Å²) in [5.41, 5.74) is 5.68. The van der Waals surface area contributed by atoms with Gasteiger partial charge in [0.05, 0.1) is 6.20 Å². The lowest BCUT2D eigenvalue weighted by atomic mass is 9.92. The standard InChI is InChI=1S/C12H18N4O2/c1-8-2-3-16(9(4-8)5-13)12(18)10-6-15-11(17)7-14-10/h6-9H,2-5,13H2,1H3,(H,15,17). The van der Waals surface area contributed by atoms with E-state index in [-0.39, 0.29) is 23.2 Å². The SMILES string of the molecule is CC1CCN(C(=O)c2c[nH]c(=O)cn2)C(CN)C1. The normalized spacial score (nSPS) is 24.0. The molecule has 1 fully saturated rings. The fourth-order valence-corrected chi connectivity index (χ4v) is 2.35. The average Bonchev–Trinajstić information content (AvgIpc) is 2.38. The molecular formula is C12H18N4O2. The zero-order valence-electron chi connectivity index (χ0n) is 10.4. The van der Waals surface area contributed by atoms with Gasteiger partial charge in [-0.25, -0.2) is 4.98 Å². The second kappa shape index (κ2) is 5.30. The van der Waals surface area contributed by atoms with Gasteiger partial charge in [0.2, 0.25) is 0 Å². The predicted molar refractivity (Wildman–Crippen MR) is 67.1 cm³/mol. The van der Waals surface area contributed by atoms with Crippen LogP contribution in [-0.2, 0) is 0 Å². The van der Waals surface area contributed by atoms with E-state index in [1.807, 2.05) is 0 Å². The quantitative estimate of drug-likeness (QED) is 0.771. The molecule has 2 heterocycles. The topological polar surface area (TPSA) is 92.1 Å². The van der Waals surface area contributed by atoms with Crippen molar-refractivity contribution in [3.8, 4) is 0 Å². The van der Waals surface area contributed by atoms with Crippen molar-refractivity contribution in [2.75, 3.05) is 13.1 Å². The van der Waals surface area contributed by atoms with Crippen molar-refractivity contribution in [1.29, 1.82) is 0 Å². The molecule has 6 nitrogen and oxygen atoms in total. The van der Waals surface area contributed by atoms with Gasteiger partial charge in [-0.05, 0) is 18.8 Å². The molecule has 98 valence electrons. The number of amides is 1. The monoisotopic (exact) mass is 250 g/mol. The van der Waals surface area contributed by atoms with E-state index < -0.39 is 0 Å². The zero-order valence-corrected chi connectivity index (χ0v) is 10.4. The third kappa shape index (κ3) is 2.59. The van der Waals surface area contributed by atoms with Gasteiger partial charge in [0, 0.05) is 25.3 Å². The van der Waals surface area contributed by atoms with Crippen LogP contribution in [0.25, 0.3) is 0 Å². The van der Waals surface area contributed by atoms with Crippen LogP contribution in [0.1, 0.15) is 30.3 Å². The van der Waals surface area contributed by atoms with Gasteiger partial charge in [-0.15, -0.1) is 0 Å². The van der Waals surface area contributed by atoms with Crippen molar-refractivity contribution in [2.24, 2.45) is 11.7 Å². The van der Waals surface area contributed by atoms with Crippen LogP contribution in [0, 0.1) is 5.92 Å². The molecule has 1 aliphatic rings.